The lowest BCUT2D eigenvalue weighted by Gasteiger charge is -2.42. The van der Waals surface area contributed by atoms with Gasteiger partial charge in [-0.3, -0.25) is 9.69 Å². The van der Waals surface area contributed by atoms with Gasteiger partial charge in [-0.2, -0.15) is 0 Å². The van der Waals surface area contributed by atoms with Gasteiger partial charge in [-0.1, -0.05) is 6.07 Å². The molecule has 0 atom stereocenters. The van der Waals surface area contributed by atoms with E-state index in [4.69, 9.17) is 0 Å². The Balaban J connectivity index is 1.54. The summed E-state index contributed by atoms with van der Waals surface area (Å²) < 4.78 is 13.2. The zero-order valence-electron chi connectivity index (χ0n) is 13.2. The second-order valence-electron chi connectivity index (χ2n) is 6.37. The molecule has 5 heteroatoms. The van der Waals surface area contributed by atoms with E-state index < -0.39 is 0 Å². The first-order valence-corrected chi connectivity index (χ1v) is 8.11. The molecular formula is C17H24FN3O. The number of likely N-dealkylation sites (tertiary alicyclic amines) is 1. The molecule has 0 unspecified atom stereocenters. The van der Waals surface area contributed by atoms with Crippen LogP contribution >= 0.6 is 0 Å². The van der Waals surface area contributed by atoms with Crippen molar-refractivity contribution in [1.82, 2.24) is 14.7 Å². The molecule has 2 aliphatic heterocycles. The van der Waals surface area contributed by atoms with Crippen molar-refractivity contribution < 1.29 is 9.18 Å². The van der Waals surface area contributed by atoms with Crippen molar-refractivity contribution in [3.63, 3.8) is 0 Å². The molecule has 4 nitrogen and oxygen atoms in total. The van der Waals surface area contributed by atoms with E-state index in [1.54, 1.807) is 12.1 Å². The normalized spacial score (nSPS) is 22.0. The van der Waals surface area contributed by atoms with Crippen LogP contribution in [0.1, 0.15) is 23.2 Å². The Kier molecular flexibility index (Phi) is 4.74. The first-order valence-electron chi connectivity index (χ1n) is 8.11. The van der Waals surface area contributed by atoms with Crippen LogP contribution in [-0.2, 0) is 0 Å². The summed E-state index contributed by atoms with van der Waals surface area (Å²) in [5.41, 5.74) is 0.452. The number of rotatable bonds is 2. The van der Waals surface area contributed by atoms with E-state index in [1.807, 2.05) is 4.90 Å². The Hall–Kier alpha value is -1.46. The number of hydrogen-bond donors (Lipinski definition) is 0. The fraction of sp³-hybridized carbons (Fsp3) is 0.588. The van der Waals surface area contributed by atoms with Crippen LogP contribution in [0.5, 0.6) is 0 Å². The third kappa shape index (κ3) is 3.47. The molecule has 2 fully saturated rings. The number of halogens is 1. The third-order valence-corrected chi connectivity index (χ3v) is 4.88. The van der Waals surface area contributed by atoms with E-state index in [1.165, 1.54) is 25.0 Å². The van der Waals surface area contributed by atoms with Crippen LogP contribution in [0, 0.1) is 5.82 Å². The Morgan fingerprint density at radius 2 is 1.77 bits per heavy atom. The predicted molar refractivity (Wildman–Crippen MR) is 84.4 cm³/mol. The highest BCUT2D eigenvalue weighted by Crippen LogP contribution is 2.18. The predicted octanol–water partition coefficient (Wildman–Crippen LogP) is 1.68. The van der Waals surface area contributed by atoms with Crippen molar-refractivity contribution in [2.75, 3.05) is 46.3 Å². The first-order chi connectivity index (χ1) is 10.6. The van der Waals surface area contributed by atoms with E-state index in [2.05, 4.69) is 16.8 Å². The number of piperidine rings is 1. The molecule has 1 aromatic carbocycles. The molecular weight excluding hydrogens is 281 g/mol. The lowest BCUT2D eigenvalue weighted by atomic mass is 10.0. The topological polar surface area (TPSA) is 26.8 Å². The van der Waals surface area contributed by atoms with Crippen LogP contribution in [-0.4, -0.2) is 73.0 Å². The van der Waals surface area contributed by atoms with Crippen molar-refractivity contribution in [2.45, 2.75) is 18.9 Å². The molecule has 2 saturated heterocycles. The standard InChI is InChI=1S/C17H24FN3O/c1-19-7-5-16(6-8-19)20-9-11-21(12-10-20)17(22)14-3-2-4-15(18)13-14/h2-4,13,16H,5-12H2,1H3. The van der Waals surface area contributed by atoms with Gasteiger partial charge in [-0.25, -0.2) is 4.39 Å². The summed E-state index contributed by atoms with van der Waals surface area (Å²) in [5.74, 6) is -0.404. The summed E-state index contributed by atoms with van der Waals surface area (Å²) in [4.78, 5) is 19.2. The van der Waals surface area contributed by atoms with E-state index in [-0.39, 0.29) is 11.7 Å². The fourth-order valence-electron chi connectivity index (χ4n) is 3.45. The summed E-state index contributed by atoms with van der Waals surface area (Å²) in [7, 11) is 2.17. The van der Waals surface area contributed by atoms with Gasteiger partial charge < -0.3 is 9.80 Å². The van der Waals surface area contributed by atoms with E-state index in [0.29, 0.717) is 11.6 Å². The number of piperazine rings is 1. The van der Waals surface area contributed by atoms with Crippen molar-refractivity contribution in [3.05, 3.63) is 35.6 Å². The van der Waals surface area contributed by atoms with E-state index in [0.717, 1.165) is 39.3 Å². The Morgan fingerprint density at radius 3 is 2.41 bits per heavy atom. The first kappa shape index (κ1) is 15.4. The molecule has 0 radical (unpaired) electrons. The summed E-state index contributed by atoms with van der Waals surface area (Å²) in [6, 6.07) is 6.63. The number of amides is 1. The number of benzene rings is 1. The minimum absolute atomic E-state index is 0.0532. The molecule has 1 aromatic rings. The van der Waals surface area contributed by atoms with Gasteiger partial charge in [0.25, 0.3) is 5.91 Å². The quantitative estimate of drug-likeness (QED) is 0.832. The molecule has 2 heterocycles. The van der Waals surface area contributed by atoms with Gasteiger partial charge in [0.05, 0.1) is 0 Å². The second kappa shape index (κ2) is 6.75. The largest absolute Gasteiger partial charge is 0.336 e. The van der Waals surface area contributed by atoms with Crippen molar-refractivity contribution in [2.24, 2.45) is 0 Å². The van der Waals surface area contributed by atoms with Gasteiger partial charge in [-0.15, -0.1) is 0 Å². The molecule has 1 amide bonds. The molecule has 0 saturated carbocycles. The average Bonchev–Trinajstić information content (AvgIpc) is 2.55. The zero-order valence-corrected chi connectivity index (χ0v) is 13.2. The summed E-state index contributed by atoms with van der Waals surface area (Å²) >= 11 is 0. The molecule has 0 aromatic heterocycles. The smallest absolute Gasteiger partial charge is 0.254 e. The average molecular weight is 305 g/mol. The van der Waals surface area contributed by atoms with Crippen LogP contribution in [0.15, 0.2) is 24.3 Å². The molecule has 3 rings (SSSR count). The maximum absolute atomic E-state index is 13.2. The minimum Gasteiger partial charge on any atom is -0.336 e. The Bertz CT molecular complexity index is 520. The second-order valence-corrected chi connectivity index (χ2v) is 6.37. The summed E-state index contributed by atoms with van der Waals surface area (Å²) in [5, 5.41) is 0. The number of nitrogens with zero attached hydrogens (tertiary/aromatic N) is 3. The highest BCUT2D eigenvalue weighted by atomic mass is 19.1. The van der Waals surface area contributed by atoms with Crippen LogP contribution in [0.25, 0.3) is 0 Å². The van der Waals surface area contributed by atoms with Crippen molar-refractivity contribution in [3.8, 4) is 0 Å². The maximum Gasteiger partial charge on any atom is 0.254 e. The van der Waals surface area contributed by atoms with Crippen LogP contribution in [0.4, 0.5) is 4.39 Å². The fourth-order valence-corrected chi connectivity index (χ4v) is 3.45. The van der Waals surface area contributed by atoms with E-state index >= 15 is 0 Å². The third-order valence-electron chi connectivity index (χ3n) is 4.88. The molecule has 0 aliphatic carbocycles. The molecule has 0 N–H and O–H groups in total. The molecule has 2 aliphatic rings. The van der Waals surface area contributed by atoms with Gasteiger partial charge in [0, 0.05) is 37.8 Å². The monoisotopic (exact) mass is 305 g/mol. The van der Waals surface area contributed by atoms with Crippen LogP contribution < -0.4 is 0 Å². The Labute approximate surface area is 131 Å². The van der Waals surface area contributed by atoms with Gasteiger partial charge in [-0.05, 0) is 51.2 Å². The molecule has 0 spiro atoms. The van der Waals surface area contributed by atoms with Crippen molar-refractivity contribution >= 4 is 5.91 Å². The summed E-state index contributed by atoms with van der Waals surface area (Å²) in [6.45, 7) is 5.65. The number of carbonyl (C=O) groups is 1. The number of carbonyl (C=O) groups excluding carboxylic acids is 1. The Morgan fingerprint density at radius 1 is 1.09 bits per heavy atom. The van der Waals surface area contributed by atoms with Crippen LogP contribution in [0.3, 0.4) is 0 Å². The summed E-state index contributed by atoms with van der Waals surface area (Å²) in [6.07, 6.45) is 2.43. The zero-order chi connectivity index (χ0) is 15.5. The van der Waals surface area contributed by atoms with Crippen molar-refractivity contribution in [1.29, 1.82) is 0 Å². The highest BCUT2D eigenvalue weighted by molar-refractivity contribution is 5.94. The SMILES string of the molecule is CN1CCC(N2CCN(C(=O)c3cccc(F)c3)CC2)CC1. The van der Waals surface area contributed by atoms with Gasteiger partial charge in [0.15, 0.2) is 0 Å². The molecule has 120 valence electrons. The van der Waals surface area contributed by atoms with E-state index in [9.17, 15) is 9.18 Å². The molecule has 0 bridgehead atoms. The van der Waals surface area contributed by atoms with Crippen LogP contribution in [0.2, 0.25) is 0 Å². The minimum atomic E-state index is -0.351. The van der Waals surface area contributed by atoms with Gasteiger partial charge >= 0.3 is 0 Å². The van der Waals surface area contributed by atoms with Gasteiger partial charge in [0.2, 0.25) is 0 Å². The molecule has 22 heavy (non-hydrogen) atoms. The lowest BCUT2D eigenvalue weighted by Crippen LogP contribution is -2.54. The lowest BCUT2D eigenvalue weighted by molar-refractivity contribution is 0.0475. The highest BCUT2D eigenvalue weighted by Gasteiger charge is 2.28. The number of hydrogen-bond acceptors (Lipinski definition) is 3. The van der Waals surface area contributed by atoms with Gasteiger partial charge in [0.1, 0.15) is 5.82 Å². The maximum atomic E-state index is 13.2.